The van der Waals surface area contributed by atoms with Crippen LogP contribution in [0, 0.1) is 13.8 Å². The second kappa shape index (κ2) is 8.48. The summed E-state index contributed by atoms with van der Waals surface area (Å²) in [6.07, 6.45) is 2.06. The quantitative estimate of drug-likeness (QED) is 0.354. The SMILES string of the molecule is CN=C(NCCCn1nc(C)cc1C)NCC(C)(C)NS(C)(=O)=O. The predicted octanol–water partition coefficient (Wildman–Crippen LogP) is 0.383. The van der Waals surface area contributed by atoms with Gasteiger partial charge in [0, 0.05) is 37.9 Å². The fraction of sp³-hybridized carbons (Fsp3) is 0.733. The number of aryl methyl sites for hydroxylation is 3. The predicted molar refractivity (Wildman–Crippen MR) is 97.7 cm³/mol. The van der Waals surface area contributed by atoms with Crippen molar-refractivity contribution >= 4 is 16.0 Å². The van der Waals surface area contributed by atoms with E-state index in [-0.39, 0.29) is 0 Å². The Morgan fingerprint density at radius 3 is 2.50 bits per heavy atom. The maximum atomic E-state index is 11.3. The molecule has 1 heterocycles. The average molecular weight is 359 g/mol. The third-order valence-electron chi connectivity index (χ3n) is 3.33. The standard InChI is InChI=1S/C15H30N6O2S/c1-12-10-13(2)21(19-12)9-7-8-17-14(16-5)18-11-15(3,4)20-24(6,22)23/h10,20H,7-9,11H2,1-6H3,(H2,16,17,18). The third-order valence-corrected chi connectivity index (χ3v) is 4.25. The molecule has 3 N–H and O–H groups in total. The molecule has 0 aliphatic rings. The lowest BCUT2D eigenvalue weighted by Gasteiger charge is -2.26. The lowest BCUT2D eigenvalue weighted by Crippen LogP contribution is -2.53. The zero-order valence-corrected chi connectivity index (χ0v) is 16.3. The highest BCUT2D eigenvalue weighted by Crippen LogP contribution is 2.03. The molecule has 24 heavy (non-hydrogen) atoms. The number of nitrogens with zero attached hydrogens (tertiary/aromatic N) is 3. The second-order valence-corrected chi connectivity index (χ2v) is 8.36. The second-order valence-electron chi connectivity index (χ2n) is 6.61. The van der Waals surface area contributed by atoms with Crippen molar-refractivity contribution in [3.63, 3.8) is 0 Å². The third kappa shape index (κ3) is 7.78. The number of rotatable bonds is 8. The molecule has 1 rings (SSSR count). The summed E-state index contributed by atoms with van der Waals surface area (Å²) >= 11 is 0. The van der Waals surface area contributed by atoms with E-state index in [9.17, 15) is 8.42 Å². The van der Waals surface area contributed by atoms with E-state index in [1.54, 1.807) is 7.05 Å². The van der Waals surface area contributed by atoms with Crippen molar-refractivity contribution in [1.29, 1.82) is 0 Å². The number of sulfonamides is 1. The Hall–Kier alpha value is -1.61. The summed E-state index contributed by atoms with van der Waals surface area (Å²) < 4.78 is 27.3. The van der Waals surface area contributed by atoms with Crippen LogP contribution < -0.4 is 15.4 Å². The van der Waals surface area contributed by atoms with E-state index in [4.69, 9.17) is 0 Å². The van der Waals surface area contributed by atoms with Gasteiger partial charge in [0.05, 0.1) is 11.9 Å². The summed E-state index contributed by atoms with van der Waals surface area (Å²) in [5.41, 5.74) is 1.58. The minimum Gasteiger partial charge on any atom is -0.356 e. The van der Waals surface area contributed by atoms with Crippen LogP contribution in [0.15, 0.2) is 11.1 Å². The van der Waals surface area contributed by atoms with Crippen molar-refractivity contribution in [2.45, 2.75) is 46.2 Å². The first-order valence-corrected chi connectivity index (χ1v) is 9.86. The van der Waals surface area contributed by atoms with Gasteiger partial charge in [-0.15, -0.1) is 0 Å². The molecular formula is C15H30N6O2S. The Bertz CT molecular complexity index is 664. The first-order valence-electron chi connectivity index (χ1n) is 7.97. The Kier molecular flexibility index (Phi) is 7.22. The number of nitrogens with one attached hydrogen (secondary N) is 3. The summed E-state index contributed by atoms with van der Waals surface area (Å²) in [7, 11) is -1.56. The Morgan fingerprint density at radius 1 is 1.33 bits per heavy atom. The normalized spacial score (nSPS) is 13.2. The van der Waals surface area contributed by atoms with E-state index in [0.29, 0.717) is 12.5 Å². The smallest absolute Gasteiger partial charge is 0.209 e. The first kappa shape index (κ1) is 20.4. The molecule has 0 bridgehead atoms. The van der Waals surface area contributed by atoms with E-state index >= 15 is 0 Å². The first-order chi connectivity index (χ1) is 11.0. The van der Waals surface area contributed by atoms with Gasteiger partial charge in [-0.25, -0.2) is 13.1 Å². The largest absolute Gasteiger partial charge is 0.356 e. The summed E-state index contributed by atoms with van der Waals surface area (Å²) in [6, 6.07) is 2.06. The molecule has 0 radical (unpaired) electrons. The summed E-state index contributed by atoms with van der Waals surface area (Å²) in [5.74, 6) is 0.645. The van der Waals surface area contributed by atoms with E-state index in [2.05, 4.69) is 31.5 Å². The van der Waals surface area contributed by atoms with Crippen LogP contribution in [0.5, 0.6) is 0 Å². The molecule has 9 heteroatoms. The van der Waals surface area contributed by atoms with Crippen LogP contribution in [-0.4, -0.2) is 56.1 Å². The van der Waals surface area contributed by atoms with Crippen LogP contribution in [0.4, 0.5) is 0 Å². The summed E-state index contributed by atoms with van der Waals surface area (Å²) in [6.45, 7) is 9.68. The van der Waals surface area contributed by atoms with Crippen molar-refractivity contribution in [2.75, 3.05) is 26.4 Å². The molecule has 1 aromatic rings. The zero-order chi connectivity index (χ0) is 18.4. The molecule has 0 spiro atoms. The lowest BCUT2D eigenvalue weighted by molar-refractivity contribution is 0.446. The number of hydrogen-bond donors (Lipinski definition) is 3. The molecule has 1 aromatic heterocycles. The highest BCUT2D eigenvalue weighted by atomic mass is 32.2. The lowest BCUT2D eigenvalue weighted by atomic mass is 10.1. The van der Waals surface area contributed by atoms with Gasteiger partial charge < -0.3 is 10.6 Å². The van der Waals surface area contributed by atoms with Gasteiger partial charge in [-0.1, -0.05) is 0 Å². The highest BCUT2D eigenvalue weighted by molar-refractivity contribution is 7.88. The molecule has 0 saturated carbocycles. The van der Waals surface area contributed by atoms with Crippen LogP contribution in [0.3, 0.4) is 0 Å². The number of aliphatic imine (C=N–C) groups is 1. The summed E-state index contributed by atoms with van der Waals surface area (Å²) in [5, 5.41) is 10.8. The fourth-order valence-electron chi connectivity index (χ4n) is 2.40. The van der Waals surface area contributed by atoms with Crippen molar-refractivity contribution in [3.8, 4) is 0 Å². The van der Waals surface area contributed by atoms with Crippen molar-refractivity contribution in [1.82, 2.24) is 25.1 Å². The van der Waals surface area contributed by atoms with E-state index in [1.165, 1.54) is 0 Å². The molecule has 0 saturated heterocycles. The minimum atomic E-state index is -3.25. The molecule has 8 nitrogen and oxygen atoms in total. The molecule has 0 aromatic carbocycles. The summed E-state index contributed by atoms with van der Waals surface area (Å²) in [4.78, 5) is 4.15. The molecule has 0 aliphatic carbocycles. The molecule has 138 valence electrons. The van der Waals surface area contributed by atoms with Gasteiger partial charge in [-0.3, -0.25) is 9.67 Å². The Morgan fingerprint density at radius 2 is 2.00 bits per heavy atom. The van der Waals surface area contributed by atoms with Crippen molar-refractivity contribution < 1.29 is 8.42 Å². The molecular weight excluding hydrogens is 328 g/mol. The van der Waals surface area contributed by atoms with Gasteiger partial charge in [0.25, 0.3) is 0 Å². The topological polar surface area (TPSA) is 100 Å². The van der Waals surface area contributed by atoms with E-state index in [1.807, 2.05) is 32.4 Å². The van der Waals surface area contributed by atoms with Crippen LogP contribution >= 0.6 is 0 Å². The molecule has 0 unspecified atom stereocenters. The van der Waals surface area contributed by atoms with Gasteiger partial charge in [0.1, 0.15) is 0 Å². The number of hydrogen-bond acceptors (Lipinski definition) is 4. The minimum absolute atomic E-state index is 0.428. The van der Waals surface area contributed by atoms with Crippen LogP contribution in [0.1, 0.15) is 31.7 Å². The zero-order valence-electron chi connectivity index (χ0n) is 15.5. The van der Waals surface area contributed by atoms with E-state index < -0.39 is 15.6 Å². The Labute approximate surface area is 145 Å². The van der Waals surface area contributed by atoms with Gasteiger partial charge in [-0.2, -0.15) is 5.10 Å². The molecule has 0 amide bonds. The maximum Gasteiger partial charge on any atom is 0.209 e. The Balaban J connectivity index is 2.36. The monoisotopic (exact) mass is 358 g/mol. The molecule has 0 fully saturated rings. The van der Waals surface area contributed by atoms with Crippen LogP contribution in [0.25, 0.3) is 0 Å². The van der Waals surface area contributed by atoms with Gasteiger partial charge in [0.15, 0.2) is 5.96 Å². The van der Waals surface area contributed by atoms with Crippen LogP contribution in [0.2, 0.25) is 0 Å². The average Bonchev–Trinajstić information content (AvgIpc) is 2.73. The highest BCUT2D eigenvalue weighted by Gasteiger charge is 2.22. The maximum absolute atomic E-state index is 11.3. The fourth-order valence-corrected chi connectivity index (χ4v) is 3.48. The number of aromatic nitrogens is 2. The van der Waals surface area contributed by atoms with Crippen molar-refractivity contribution in [3.05, 3.63) is 17.5 Å². The van der Waals surface area contributed by atoms with Gasteiger partial charge in [0.2, 0.25) is 10.0 Å². The van der Waals surface area contributed by atoms with E-state index in [0.717, 1.165) is 37.2 Å². The van der Waals surface area contributed by atoms with Gasteiger partial charge in [-0.05, 0) is 40.2 Å². The molecule has 0 aliphatic heterocycles. The molecule has 0 atom stereocenters. The van der Waals surface area contributed by atoms with Crippen LogP contribution in [-0.2, 0) is 16.6 Å². The van der Waals surface area contributed by atoms with Crippen molar-refractivity contribution in [2.24, 2.45) is 4.99 Å². The number of guanidine groups is 1. The van der Waals surface area contributed by atoms with Gasteiger partial charge >= 0.3 is 0 Å².